The lowest BCUT2D eigenvalue weighted by atomic mass is 10.1. The highest BCUT2D eigenvalue weighted by molar-refractivity contribution is 5.94. The molecule has 1 unspecified atom stereocenters. The van der Waals surface area contributed by atoms with Gasteiger partial charge in [-0.25, -0.2) is 0 Å². The lowest BCUT2D eigenvalue weighted by Crippen LogP contribution is -2.51. The molecule has 5 rings (SSSR count). The minimum atomic E-state index is 0.0168. The number of nitrogens with one attached hydrogen (secondary N) is 1. The number of hydrogen-bond donors (Lipinski definition) is 1. The normalized spacial score (nSPS) is 24.2. The van der Waals surface area contributed by atoms with Crippen molar-refractivity contribution in [1.29, 1.82) is 0 Å². The fourth-order valence-corrected chi connectivity index (χ4v) is 5.14. The van der Waals surface area contributed by atoms with Crippen molar-refractivity contribution in [3.05, 3.63) is 29.7 Å². The quantitative estimate of drug-likeness (QED) is 0.793. The predicted octanol–water partition coefficient (Wildman–Crippen LogP) is 2.88. The molecule has 1 amide bonds. The second kappa shape index (κ2) is 8.27. The monoisotopic (exact) mass is 410 g/mol. The Morgan fingerprint density at radius 3 is 2.67 bits per heavy atom. The molecule has 2 aromatic rings. The highest BCUT2D eigenvalue weighted by Gasteiger charge is 2.35. The Morgan fingerprint density at radius 1 is 1.13 bits per heavy atom. The van der Waals surface area contributed by atoms with E-state index in [0.29, 0.717) is 17.6 Å². The van der Waals surface area contributed by atoms with Crippen molar-refractivity contribution < 1.29 is 4.79 Å². The Bertz CT molecular complexity index is 898. The minimum absolute atomic E-state index is 0.0168. The van der Waals surface area contributed by atoms with E-state index < -0.39 is 0 Å². The third-order valence-corrected chi connectivity index (χ3v) is 7.06. The van der Waals surface area contributed by atoms with Crippen molar-refractivity contribution in [2.24, 2.45) is 5.92 Å². The number of carbonyl (C=O) groups is 1. The van der Waals surface area contributed by atoms with Gasteiger partial charge in [0.25, 0.3) is 5.91 Å². The molecule has 1 aliphatic heterocycles. The lowest BCUT2D eigenvalue weighted by Gasteiger charge is -2.42. The molecule has 162 valence electrons. The van der Waals surface area contributed by atoms with E-state index >= 15 is 0 Å². The van der Waals surface area contributed by atoms with Gasteiger partial charge in [0.2, 0.25) is 0 Å². The number of aromatic nitrogens is 3. The van der Waals surface area contributed by atoms with Crippen LogP contribution < -0.4 is 5.32 Å². The van der Waals surface area contributed by atoms with Gasteiger partial charge >= 0.3 is 0 Å². The van der Waals surface area contributed by atoms with Crippen LogP contribution >= 0.6 is 0 Å². The number of piperazine rings is 1. The molecule has 3 aliphatic rings. The van der Waals surface area contributed by atoms with E-state index in [1.807, 2.05) is 22.7 Å². The van der Waals surface area contributed by atoms with Crippen molar-refractivity contribution in [1.82, 2.24) is 29.7 Å². The third-order valence-electron chi connectivity index (χ3n) is 7.06. The van der Waals surface area contributed by atoms with Gasteiger partial charge in [-0.15, -0.1) is 10.2 Å². The van der Waals surface area contributed by atoms with Gasteiger partial charge < -0.3 is 5.32 Å². The van der Waals surface area contributed by atoms with Gasteiger partial charge in [0.1, 0.15) is 0 Å². The van der Waals surface area contributed by atoms with E-state index in [-0.39, 0.29) is 11.9 Å². The van der Waals surface area contributed by atoms with Gasteiger partial charge in [-0.1, -0.05) is 12.8 Å². The van der Waals surface area contributed by atoms with Crippen LogP contribution in [0.4, 0.5) is 0 Å². The van der Waals surface area contributed by atoms with Crippen LogP contribution in [0.1, 0.15) is 74.6 Å². The first kappa shape index (κ1) is 19.9. The number of hydrogen-bond acceptors (Lipinski definition) is 5. The zero-order chi connectivity index (χ0) is 20.7. The highest BCUT2D eigenvalue weighted by Crippen LogP contribution is 2.33. The van der Waals surface area contributed by atoms with E-state index in [9.17, 15) is 4.79 Å². The molecule has 7 heteroatoms. The average molecular weight is 411 g/mol. The maximum absolute atomic E-state index is 12.8. The lowest BCUT2D eigenvalue weighted by molar-refractivity contribution is 0.0437. The van der Waals surface area contributed by atoms with Crippen molar-refractivity contribution in [2.45, 2.75) is 70.5 Å². The maximum Gasteiger partial charge on any atom is 0.252 e. The molecule has 2 saturated carbocycles. The Labute approximate surface area is 178 Å². The highest BCUT2D eigenvalue weighted by atomic mass is 16.1. The van der Waals surface area contributed by atoms with Crippen LogP contribution in [-0.4, -0.2) is 68.6 Å². The van der Waals surface area contributed by atoms with Crippen molar-refractivity contribution >= 4 is 11.6 Å². The summed E-state index contributed by atoms with van der Waals surface area (Å²) in [6, 6.07) is 4.75. The van der Waals surface area contributed by atoms with Crippen LogP contribution in [0.3, 0.4) is 0 Å². The van der Waals surface area contributed by atoms with Crippen LogP contribution in [0.15, 0.2) is 18.3 Å². The summed E-state index contributed by atoms with van der Waals surface area (Å²) in [6.07, 6.45) is 9.30. The average Bonchev–Trinajstić information content (AvgIpc) is 3.23. The predicted molar refractivity (Wildman–Crippen MR) is 116 cm³/mol. The Morgan fingerprint density at radius 2 is 1.93 bits per heavy atom. The number of pyridine rings is 1. The molecule has 1 N–H and O–H groups in total. The summed E-state index contributed by atoms with van der Waals surface area (Å²) >= 11 is 0. The molecule has 7 nitrogen and oxygen atoms in total. The Kier molecular flexibility index (Phi) is 5.50. The maximum atomic E-state index is 12.8. The van der Waals surface area contributed by atoms with Gasteiger partial charge in [0.05, 0.1) is 11.6 Å². The topological polar surface area (TPSA) is 65.8 Å². The number of nitrogens with zero attached hydrogens (tertiary/aromatic N) is 5. The molecule has 0 aromatic carbocycles. The number of fused-ring (bicyclic) bond motifs is 1. The molecule has 2 aromatic heterocycles. The van der Waals surface area contributed by atoms with E-state index in [1.54, 1.807) is 0 Å². The fourth-order valence-electron chi connectivity index (χ4n) is 5.14. The van der Waals surface area contributed by atoms with Gasteiger partial charge in [0, 0.05) is 44.5 Å². The smallest absolute Gasteiger partial charge is 0.252 e. The van der Waals surface area contributed by atoms with Crippen LogP contribution in [0.5, 0.6) is 0 Å². The van der Waals surface area contributed by atoms with E-state index in [4.69, 9.17) is 0 Å². The first-order valence-electron chi connectivity index (χ1n) is 11.7. The largest absolute Gasteiger partial charge is 0.349 e. The first-order chi connectivity index (χ1) is 14.6. The molecular formula is C23H34N6O. The molecule has 1 saturated heterocycles. The van der Waals surface area contributed by atoms with Gasteiger partial charge in [-0.3, -0.25) is 19.0 Å². The van der Waals surface area contributed by atoms with Crippen LogP contribution in [-0.2, 0) is 0 Å². The second-order valence-corrected chi connectivity index (χ2v) is 9.71. The van der Waals surface area contributed by atoms with Gasteiger partial charge in [-0.05, 0) is 57.6 Å². The summed E-state index contributed by atoms with van der Waals surface area (Å²) in [5.74, 6) is 1.86. The van der Waals surface area contributed by atoms with Crippen molar-refractivity contribution in [2.75, 3.05) is 26.2 Å². The van der Waals surface area contributed by atoms with Crippen LogP contribution in [0.2, 0.25) is 0 Å². The van der Waals surface area contributed by atoms with Crippen LogP contribution in [0.25, 0.3) is 5.65 Å². The molecule has 0 bridgehead atoms. The third kappa shape index (κ3) is 4.10. The molecule has 1 atom stereocenters. The standard InChI is InChI=1S/C23H34N6O/c1-16(2)28-12-11-27(13-17-7-8-17)15-20(28)22-26-25-21-10-9-18(14-29(21)22)23(30)24-19-5-3-4-6-19/h9-10,14,16-17,19-20H,3-8,11-13,15H2,1-2H3,(H,24,30). The summed E-state index contributed by atoms with van der Waals surface area (Å²) < 4.78 is 2.05. The van der Waals surface area contributed by atoms with Crippen molar-refractivity contribution in [3.63, 3.8) is 0 Å². The fraction of sp³-hybridized carbons (Fsp3) is 0.696. The van der Waals surface area contributed by atoms with E-state index in [2.05, 4.69) is 39.2 Å². The first-order valence-corrected chi connectivity index (χ1v) is 11.7. The molecule has 0 spiro atoms. The van der Waals surface area contributed by atoms with Gasteiger partial charge in [0.15, 0.2) is 11.5 Å². The van der Waals surface area contributed by atoms with E-state index in [0.717, 1.165) is 49.9 Å². The summed E-state index contributed by atoms with van der Waals surface area (Å²) in [5.41, 5.74) is 1.50. The molecule has 3 heterocycles. The molecular weight excluding hydrogens is 376 g/mol. The van der Waals surface area contributed by atoms with Crippen molar-refractivity contribution in [3.8, 4) is 0 Å². The zero-order valence-corrected chi connectivity index (χ0v) is 18.3. The van der Waals surface area contributed by atoms with Gasteiger partial charge in [-0.2, -0.15) is 0 Å². The SMILES string of the molecule is CC(C)N1CCN(CC2CC2)CC1c1nnc2ccc(C(=O)NC3CCCC3)cn12. The summed E-state index contributed by atoms with van der Waals surface area (Å²) in [7, 11) is 0. The summed E-state index contributed by atoms with van der Waals surface area (Å²) in [6.45, 7) is 8.87. The Balaban J connectivity index is 1.41. The molecule has 30 heavy (non-hydrogen) atoms. The minimum Gasteiger partial charge on any atom is -0.349 e. The van der Waals surface area contributed by atoms with Crippen LogP contribution in [0, 0.1) is 5.92 Å². The zero-order valence-electron chi connectivity index (χ0n) is 18.3. The second-order valence-electron chi connectivity index (χ2n) is 9.71. The Hall–Kier alpha value is -1.99. The molecule has 0 radical (unpaired) electrons. The molecule has 3 fully saturated rings. The number of amides is 1. The number of rotatable bonds is 6. The van der Waals surface area contributed by atoms with E-state index in [1.165, 1.54) is 32.2 Å². The molecule has 2 aliphatic carbocycles. The number of carbonyl (C=O) groups excluding carboxylic acids is 1. The summed E-state index contributed by atoms with van der Waals surface area (Å²) in [5, 5.41) is 12.2. The summed E-state index contributed by atoms with van der Waals surface area (Å²) in [4.78, 5) is 18.0.